The minimum absolute atomic E-state index is 0.103. The predicted octanol–water partition coefficient (Wildman–Crippen LogP) is 0.738. The molecule has 0 bridgehead atoms. The van der Waals surface area contributed by atoms with Crippen LogP contribution in [0.15, 0.2) is 0 Å². The van der Waals surface area contributed by atoms with Crippen LogP contribution in [0, 0.1) is 17.8 Å². The summed E-state index contributed by atoms with van der Waals surface area (Å²) < 4.78 is 5.91. The molecule has 2 amide bonds. The molecule has 2 saturated heterocycles. The fourth-order valence-electron chi connectivity index (χ4n) is 3.44. The van der Waals surface area contributed by atoms with Crippen LogP contribution >= 0.6 is 0 Å². The van der Waals surface area contributed by atoms with Gasteiger partial charge in [-0.25, -0.2) is 0 Å². The lowest BCUT2D eigenvalue weighted by atomic mass is 9.93. The van der Waals surface area contributed by atoms with Crippen LogP contribution in [0.3, 0.4) is 0 Å². The highest BCUT2D eigenvalue weighted by molar-refractivity contribution is 5.81. The molecule has 2 unspecified atom stereocenters. The van der Waals surface area contributed by atoms with Gasteiger partial charge in [-0.3, -0.25) is 9.59 Å². The molecular formula is C15H24N2O3. The lowest BCUT2D eigenvalue weighted by molar-refractivity contribution is -0.138. The van der Waals surface area contributed by atoms with Gasteiger partial charge in [-0.1, -0.05) is 6.92 Å². The lowest BCUT2D eigenvalue weighted by Crippen LogP contribution is -2.49. The second kappa shape index (κ2) is 5.35. The molecule has 1 aliphatic carbocycles. The Balaban J connectivity index is 1.61. The zero-order chi connectivity index (χ0) is 14.3. The van der Waals surface area contributed by atoms with Crippen molar-refractivity contribution in [2.45, 2.75) is 32.8 Å². The number of piperidine rings is 1. The van der Waals surface area contributed by atoms with E-state index in [-0.39, 0.29) is 17.9 Å². The Labute approximate surface area is 120 Å². The number of hydrogen-bond acceptors (Lipinski definition) is 3. The first-order chi connectivity index (χ1) is 9.56. The predicted molar refractivity (Wildman–Crippen MR) is 74.0 cm³/mol. The standard InChI is InChI=1S/C15H24N2O3/c1-10-7-13(10)15(19)17-4-3-12-8-16(11(2)18)5-6-20-14(12)9-17/h10,12-14H,3-9H2,1-2H3/t10?,12-,13?,14-/m1/s1. The highest BCUT2D eigenvalue weighted by Crippen LogP contribution is 2.40. The van der Waals surface area contributed by atoms with Crippen LogP contribution in [0.5, 0.6) is 0 Å². The van der Waals surface area contributed by atoms with E-state index in [2.05, 4.69) is 6.92 Å². The molecule has 5 heteroatoms. The number of nitrogens with zero attached hydrogens (tertiary/aromatic N) is 2. The van der Waals surface area contributed by atoms with E-state index in [9.17, 15) is 9.59 Å². The molecule has 112 valence electrons. The van der Waals surface area contributed by atoms with Gasteiger partial charge in [0.25, 0.3) is 0 Å². The molecule has 4 atom stereocenters. The molecule has 0 aromatic carbocycles. The average Bonchev–Trinajstić information content (AvgIpc) is 3.18. The number of likely N-dealkylation sites (tertiary alicyclic amines) is 1. The number of hydrogen-bond donors (Lipinski definition) is 0. The van der Waals surface area contributed by atoms with E-state index in [0.29, 0.717) is 37.4 Å². The minimum Gasteiger partial charge on any atom is -0.374 e. The van der Waals surface area contributed by atoms with Gasteiger partial charge in [0.05, 0.1) is 12.7 Å². The van der Waals surface area contributed by atoms with E-state index in [1.165, 1.54) is 0 Å². The first kappa shape index (κ1) is 13.9. The zero-order valence-corrected chi connectivity index (χ0v) is 12.4. The van der Waals surface area contributed by atoms with Gasteiger partial charge in [0.1, 0.15) is 0 Å². The summed E-state index contributed by atoms with van der Waals surface area (Å²) in [4.78, 5) is 27.7. The third-order valence-corrected chi connectivity index (χ3v) is 5.03. The van der Waals surface area contributed by atoms with Gasteiger partial charge in [-0.05, 0) is 18.8 Å². The second-order valence-electron chi connectivity index (χ2n) is 6.53. The number of fused-ring (bicyclic) bond motifs is 1. The Morgan fingerprint density at radius 2 is 1.90 bits per heavy atom. The van der Waals surface area contributed by atoms with Crippen LogP contribution in [0.25, 0.3) is 0 Å². The minimum atomic E-state index is 0.103. The first-order valence-electron chi connectivity index (χ1n) is 7.72. The van der Waals surface area contributed by atoms with Crippen molar-refractivity contribution in [2.24, 2.45) is 17.8 Å². The van der Waals surface area contributed by atoms with Crippen molar-refractivity contribution in [1.82, 2.24) is 9.80 Å². The monoisotopic (exact) mass is 280 g/mol. The van der Waals surface area contributed by atoms with Crippen LogP contribution in [0.1, 0.15) is 26.7 Å². The highest BCUT2D eigenvalue weighted by Gasteiger charge is 2.44. The molecule has 0 N–H and O–H groups in total. The van der Waals surface area contributed by atoms with E-state index in [1.807, 2.05) is 9.80 Å². The maximum atomic E-state index is 12.3. The summed E-state index contributed by atoms with van der Waals surface area (Å²) >= 11 is 0. The van der Waals surface area contributed by atoms with Crippen molar-refractivity contribution in [3.8, 4) is 0 Å². The smallest absolute Gasteiger partial charge is 0.226 e. The SMILES string of the molecule is CC(=O)N1CCO[C@@H]2CN(C(=O)C3CC3C)CC[C@@H]2C1. The summed E-state index contributed by atoms with van der Waals surface area (Å²) in [5, 5.41) is 0. The summed E-state index contributed by atoms with van der Waals surface area (Å²) in [6.45, 7) is 7.33. The van der Waals surface area contributed by atoms with Gasteiger partial charge >= 0.3 is 0 Å². The fraction of sp³-hybridized carbons (Fsp3) is 0.867. The lowest BCUT2D eigenvalue weighted by Gasteiger charge is -2.38. The van der Waals surface area contributed by atoms with Crippen LogP contribution in [0.2, 0.25) is 0 Å². The summed E-state index contributed by atoms with van der Waals surface area (Å²) in [6.07, 6.45) is 2.09. The van der Waals surface area contributed by atoms with E-state index in [0.717, 1.165) is 25.9 Å². The molecule has 1 saturated carbocycles. The normalized spacial score (nSPS) is 37.1. The average molecular weight is 280 g/mol. The van der Waals surface area contributed by atoms with Gasteiger partial charge in [-0.2, -0.15) is 0 Å². The Hall–Kier alpha value is -1.10. The third kappa shape index (κ3) is 2.68. The van der Waals surface area contributed by atoms with Crippen molar-refractivity contribution < 1.29 is 14.3 Å². The van der Waals surface area contributed by atoms with Gasteiger partial charge < -0.3 is 14.5 Å². The number of carbonyl (C=O) groups is 2. The van der Waals surface area contributed by atoms with Crippen LogP contribution in [0.4, 0.5) is 0 Å². The summed E-state index contributed by atoms with van der Waals surface area (Å²) in [5.41, 5.74) is 0. The highest BCUT2D eigenvalue weighted by atomic mass is 16.5. The van der Waals surface area contributed by atoms with E-state index < -0.39 is 0 Å². The quantitative estimate of drug-likeness (QED) is 0.712. The second-order valence-corrected chi connectivity index (χ2v) is 6.53. The number of rotatable bonds is 1. The van der Waals surface area contributed by atoms with Gasteiger partial charge in [0, 0.05) is 44.9 Å². The molecule has 0 radical (unpaired) electrons. The topological polar surface area (TPSA) is 49.9 Å². The largest absolute Gasteiger partial charge is 0.374 e. The van der Waals surface area contributed by atoms with Crippen molar-refractivity contribution in [3.05, 3.63) is 0 Å². The molecule has 3 aliphatic rings. The molecule has 0 aromatic heterocycles. The molecule has 0 spiro atoms. The van der Waals surface area contributed by atoms with Gasteiger partial charge in [0.2, 0.25) is 11.8 Å². The molecule has 2 heterocycles. The van der Waals surface area contributed by atoms with Crippen LogP contribution < -0.4 is 0 Å². The van der Waals surface area contributed by atoms with E-state index >= 15 is 0 Å². The first-order valence-corrected chi connectivity index (χ1v) is 7.72. The third-order valence-electron chi connectivity index (χ3n) is 5.03. The van der Waals surface area contributed by atoms with Crippen molar-refractivity contribution >= 4 is 11.8 Å². The van der Waals surface area contributed by atoms with E-state index in [1.54, 1.807) is 6.92 Å². The Bertz CT molecular complexity index is 412. The molecule has 3 fully saturated rings. The summed E-state index contributed by atoms with van der Waals surface area (Å²) in [7, 11) is 0. The fourth-order valence-corrected chi connectivity index (χ4v) is 3.44. The molecule has 0 aromatic rings. The number of carbonyl (C=O) groups excluding carboxylic acids is 2. The Morgan fingerprint density at radius 1 is 1.15 bits per heavy atom. The molecule has 20 heavy (non-hydrogen) atoms. The van der Waals surface area contributed by atoms with Crippen molar-refractivity contribution in [3.63, 3.8) is 0 Å². The molecular weight excluding hydrogens is 256 g/mol. The zero-order valence-electron chi connectivity index (χ0n) is 12.4. The molecule has 3 rings (SSSR count). The maximum absolute atomic E-state index is 12.3. The van der Waals surface area contributed by atoms with Gasteiger partial charge in [-0.15, -0.1) is 0 Å². The van der Waals surface area contributed by atoms with Crippen molar-refractivity contribution in [2.75, 3.05) is 32.8 Å². The van der Waals surface area contributed by atoms with Crippen LogP contribution in [-0.4, -0.2) is 60.5 Å². The summed E-state index contributed by atoms with van der Waals surface area (Å²) in [5.74, 6) is 1.63. The number of ether oxygens (including phenoxy) is 1. The number of amides is 2. The molecule has 2 aliphatic heterocycles. The van der Waals surface area contributed by atoms with Gasteiger partial charge in [0.15, 0.2) is 0 Å². The van der Waals surface area contributed by atoms with Crippen LogP contribution in [-0.2, 0) is 14.3 Å². The maximum Gasteiger partial charge on any atom is 0.226 e. The Kier molecular flexibility index (Phi) is 3.71. The van der Waals surface area contributed by atoms with E-state index in [4.69, 9.17) is 4.74 Å². The summed E-state index contributed by atoms with van der Waals surface area (Å²) in [6, 6.07) is 0. The Morgan fingerprint density at radius 3 is 2.55 bits per heavy atom. The van der Waals surface area contributed by atoms with Crippen molar-refractivity contribution in [1.29, 1.82) is 0 Å². The molecule has 5 nitrogen and oxygen atoms in total.